The summed E-state index contributed by atoms with van der Waals surface area (Å²) in [5.74, 6) is 1.09. The first-order chi connectivity index (χ1) is 32.7. The third-order valence-electron chi connectivity index (χ3n) is 14.0. The fraction of sp³-hybridized carbons (Fsp3) is 0.111. The Kier molecular flexibility index (Phi) is 9.79. The van der Waals surface area contributed by atoms with Gasteiger partial charge in [0.05, 0.1) is 11.5 Å². The molecular weight excluding hydrogens is 803 g/mol. The normalized spacial score (nSPS) is 15.5. The summed E-state index contributed by atoms with van der Waals surface area (Å²) in [6.07, 6.45) is 14.4. The molecule has 1 atom stereocenters. The molecule has 0 bridgehead atoms. The molecule has 0 fully saturated rings. The molecule has 0 saturated heterocycles. The van der Waals surface area contributed by atoms with E-state index in [-0.39, 0.29) is 6.04 Å². The predicted molar refractivity (Wildman–Crippen MR) is 275 cm³/mol. The lowest BCUT2D eigenvalue weighted by Gasteiger charge is -2.36. The Morgan fingerprint density at radius 1 is 0.500 bits per heavy atom. The van der Waals surface area contributed by atoms with Crippen LogP contribution in [0.4, 0.5) is 11.4 Å². The highest BCUT2D eigenvalue weighted by Crippen LogP contribution is 2.56. The highest BCUT2D eigenvalue weighted by molar-refractivity contribution is 6.09. The molecule has 2 aromatic heterocycles. The van der Waals surface area contributed by atoms with E-state index in [1.807, 2.05) is 19.9 Å². The molecular formula is C63H49NO2. The van der Waals surface area contributed by atoms with E-state index in [0.717, 1.165) is 80.6 Å². The fourth-order valence-corrected chi connectivity index (χ4v) is 11.1. The number of furan rings is 2. The second-order valence-corrected chi connectivity index (χ2v) is 17.3. The van der Waals surface area contributed by atoms with Gasteiger partial charge in [0, 0.05) is 50.6 Å². The zero-order valence-electron chi connectivity index (χ0n) is 37.2. The second kappa shape index (κ2) is 16.3. The summed E-state index contributed by atoms with van der Waals surface area (Å²) in [5, 5.41) is 3.47. The molecule has 0 radical (unpaired) electrons. The molecule has 2 heterocycles. The number of anilines is 2. The molecule has 1 unspecified atom stereocenters. The average Bonchev–Trinajstić information content (AvgIpc) is 4.07. The molecule has 8 aromatic carbocycles. The van der Waals surface area contributed by atoms with E-state index in [1.54, 1.807) is 0 Å². The van der Waals surface area contributed by atoms with Gasteiger partial charge >= 0.3 is 0 Å². The van der Waals surface area contributed by atoms with Crippen molar-refractivity contribution in [3.05, 3.63) is 252 Å². The van der Waals surface area contributed by atoms with Crippen molar-refractivity contribution in [3.8, 4) is 22.3 Å². The topological polar surface area (TPSA) is 29.5 Å². The Balaban J connectivity index is 0.00000225. The first-order valence-corrected chi connectivity index (χ1v) is 23.5. The zero-order chi connectivity index (χ0) is 44.2. The molecule has 66 heavy (non-hydrogen) atoms. The average molecular weight is 852 g/mol. The molecule has 0 spiro atoms. The van der Waals surface area contributed by atoms with Crippen LogP contribution in [-0.2, 0) is 11.8 Å². The van der Waals surface area contributed by atoms with Crippen molar-refractivity contribution in [1.29, 1.82) is 0 Å². The fourth-order valence-electron chi connectivity index (χ4n) is 11.1. The standard InChI is InChI=1S/C61H43NO2.C2H6/c1-2-14-42(15-3-1)61(55-24-8-4-16-49(55)50-17-5-9-25-56(50)61)43-32-38-46(39-33-43)62(44-34-28-40(29-35-44)47-20-12-22-53-51-18-6-10-26-57(51)63-59(47)53)45-36-30-41(31-37-45)48-21-13-23-54-52-19-7-11-27-58(52)64-60(48)54;1-2/h1-10,12-26,28-36,38-39,45H,11,27,37H2;1-2H3. The number of hydrogen-bond acceptors (Lipinski definition) is 3. The van der Waals surface area contributed by atoms with E-state index in [0.29, 0.717) is 0 Å². The Labute approximate surface area is 386 Å². The summed E-state index contributed by atoms with van der Waals surface area (Å²) in [5.41, 5.74) is 18.2. The van der Waals surface area contributed by atoms with Crippen LogP contribution in [0.2, 0.25) is 0 Å². The second-order valence-electron chi connectivity index (χ2n) is 17.3. The van der Waals surface area contributed by atoms with Crippen LogP contribution in [0, 0.1) is 0 Å². The van der Waals surface area contributed by atoms with Crippen molar-refractivity contribution < 1.29 is 8.83 Å². The summed E-state index contributed by atoms with van der Waals surface area (Å²) in [6, 6.07) is 68.8. The van der Waals surface area contributed by atoms with Gasteiger partial charge in [0.25, 0.3) is 0 Å². The van der Waals surface area contributed by atoms with Gasteiger partial charge in [0.2, 0.25) is 0 Å². The summed E-state index contributed by atoms with van der Waals surface area (Å²) >= 11 is 0. The number of benzene rings is 8. The summed E-state index contributed by atoms with van der Waals surface area (Å²) in [4.78, 5) is 2.50. The van der Waals surface area contributed by atoms with Gasteiger partial charge in [-0.3, -0.25) is 0 Å². The van der Waals surface area contributed by atoms with Gasteiger partial charge < -0.3 is 13.7 Å². The van der Waals surface area contributed by atoms with Crippen LogP contribution in [-0.4, -0.2) is 6.04 Å². The number of allylic oxidation sites excluding steroid dienone is 3. The van der Waals surface area contributed by atoms with Gasteiger partial charge in [-0.1, -0.05) is 202 Å². The SMILES string of the molecule is C1=Cc2c(oc3c(C4=CCC(N(c5ccc(-c6cccc7c6oc6ccccc67)cc5)c5ccc(C6(c7ccccc7)c7ccccc7-c7ccccc76)cc5)C=C4)cccc23)CC1.CC. The molecule has 3 aliphatic rings. The summed E-state index contributed by atoms with van der Waals surface area (Å²) in [7, 11) is 0. The van der Waals surface area contributed by atoms with Gasteiger partial charge in [-0.2, -0.15) is 0 Å². The van der Waals surface area contributed by atoms with Crippen molar-refractivity contribution in [2.45, 2.75) is 44.6 Å². The van der Waals surface area contributed by atoms with E-state index in [9.17, 15) is 0 Å². The number of nitrogens with zero attached hydrogens (tertiary/aromatic N) is 1. The number of rotatable bonds is 7. The minimum atomic E-state index is -0.457. The Hall–Kier alpha value is -7.88. The van der Waals surface area contributed by atoms with Crippen molar-refractivity contribution in [3.63, 3.8) is 0 Å². The Morgan fingerprint density at radius 2 is 1.09 bits per heavy atom. The lowest BCUT2D eigenvalue weighted by atomic mass is 9.67. The monoisotopic (exact) mass is 851 g/mol. The lowest BCUT2D eigenvalue weighted by Crippen LogP contribution is -2.31. The molecule has 13 rings (SSSR count). The molecule has 10 aromatic rings. The highest BCUT2D eigenvalue weighted by atomic mass is 16.3. The van der Waals surface area contributed by atoms with Crippen LogP contribution in [0.1, 0.15) is 65.8 Å². The minimum Gasteiger partial charge on any atom is -0.460 e. The molecule has 0 N–H and O–H groups in total. The maximum absolute atomic E-state index is 6.57. The van der Waals surface area contributed by atoms with Crippen molar-refractivity contribution >= 4 is 55.9 Å². The number of fused-ring (bicyclic) bond motifs is 9. The zero-order valence-corrected chi connectivity index (χ0v) is 37.2. The van der Waals surface area contributed by atoms with Crippen LogP contribution in [0.5, 0.6) is 0 Å². The third kappa shape index (κ3) is 6.18. The number of para-hydroxylation sites is 3. The molecule has 0 saturated carbocycles. The van der Waals surface area contributed by atoms with Crippen LogP contribution in [0.25, 0.3) is 66.8 Å². The lowest BCUT2D eigenvalue weighted by molar-refractivity contribution is 0.545. The quantitative estimate of drug-likeness (QED) is 0.160. The summed E-state index contributed by atoms with van der Waals surface area (Å²) in [6.45, 7) is 4.00. The highest BCUT2D eigenvalue weighted by Gasteiger charge is 2.45. The summed E-state index contributed by atoms with van der Waals surface area (Å²) < 4.78 is 13.1. The molecule has 3 aliphatic carbocycles. The Bertz CT molecular complexity index is 3480. The van der Waals surface area contributed by atoms with Gasteiger partial charge in [0.1, 0.15) is 22.5 Å². The van der Waals surface area contributed by atoms with Crippen molar-refractivity contribution in [2.75, 3.05) is 4.90 Å². The first-order valence-electron chi connectivity index (χ1n) is 23.5. The smallest absolute Gasteiger partial charge is 0.143 e. The van der Waals surface area contributed by atoms with Crippen LogP contribution < -0.4 is 4.90 Å². The third-order valence-corrected chi connectivity index (χ3v) is 14.0. The minimum absolute atomic E-state index is 0.0715. The van der Waals surface area contributed by atoms with Gasteiger partial charge in [-0.05, 0) is 87.7 Å². The van der Waals surface area contributed by atoms with Gasteiger partial charge in [-0.15, -0.1) is 0 Å². The van der Waals surface area contributed by atoms with E-state index >= 15 is 0 Å². The van der Waals surface area contributed by atoms with Crippen molar-refractivity contribution in [1.82, 2.24) is 0 Å². The first kappa shape index (κ1) is 39.7. The van der Waals surface area contributed by atoms with Crippen LogP contribution in [0.3, 0.4) is 0 Å². The Morgan fingerprint density at radius 3 is 1.82 bits per heavy atom. The molecule has 0 amide bonds. The molecule has 3 nitrogen and oxygen atoms in total. The number of aryl methyl sites for hydroxylation is 1. The van der Waals surface area contributed by atoms with Crippen LogP contribution >= 0.6 is 0 Å². The molecule has 3 heteroatoms. The van der Waals surface area contributed by atoms with E-state index in [2.05, 4.69) is 217 Å². The maximum atomic E-state index is 6.57. The van der Waals surface area contributed by atoms with E-state index < -0.39 is 5.41 Å². The van der Waals surface area contributed by atoms with Crippen LogP contribution in [0.15, 0.2) is 221 Å². The molecule has 318 valence electrons. The molecule has 0 aliphatic heterocycles. The number of hydrogen-bond donors (Lipinski definition) is 0. The maximum Gasteiger partial charge on any atom is 0.143 e. The largest absolute Gasteiger partial charge is 0.460 e. The predicted octanol–water partition coefficient (Wildman–Crippen LogP) is 16.9. The van der Waals surface area contributed by atoms with E-state index in [4.69, 9.17) is 8.83 Å². The van der Waals surface area contributed by atoms with Crippen molar-refractivity contribution in [2.24, 2.45) is 0 Å². The van der Waals surface area contributed by atoms with Gasteiger partial charge in [0.15, 0.2) is 0 Å². The van der Waals surface area contributed by atoms with E-state index in [1.165, 1.54) is 49.9 Å². The van der Waals surface area contributed by atoms with Gasteiger partial charge in [-0.25, -0.2) is 0 Å².